The number of hydrogen-bond donors (Lipinski definition) is 0. The molecule has 1 fully saturated rings. The molecular weight excluding hydrogens is 476 g/mol. The van der Waals surface area contributed by atoms with Crippen LogP contribution >= 0.6 is 11.6 Å². The average molecular weight is 497 g/mol. The van der Waals surface area contributed by atoms with Crippen molar-refractivity contribution < 1.29 is 22.7 Å². The quantitative estimate of drug-likeness (QED) is 0.550. The van der Waals surface area contributed by atoms with Crippen LogP contribution < -0.4 is 4.90 Å². The predicted molar refractivity (Wildman–Crippen MR) is 127 cm³/mol. The summed E-state index contributed by atoms with van der Waals surface area (Å²) in [5.74, 6) is -0.700. The van der Waals surface area contributed by atoms with Gasteiger partial charge in [0, 0.05) is 23.7 Å². The Hall–Kier alpha value is -3.20. The van der Waals surface area contributed by atoms with Gasteiger partial charge in [0.15, 0.2) is 0 Å². The summed E-state index contributed by atoms with van der Waals surface area (Å²) >= 11 is 6.15. The van der Waals surface area contributed by atoms with Gasteiger partial charge in [-0.3, -0.25) is 9.59 Å². The number of ether oxygens (including phenoxy) is 1. The smallest absolute Gasteiger partial charge is 0.259 e. The fourth-order valence-electron chi connectivity index (χ4n) is 4.26. The minimum absolute atomic E-state index is 0.0219. The molecule has 2 aliphatic heterocycles. The van der Waals surface area contributed by atoms with Gasteiger partial charge >= 0.3 is 0 Å². The highest BCUT2D eigenvalue weighted by Crippen LogP contribution is 2.38. The number of halogens is 1. The Balaban J connectivity index is 1.67. The Kier molecular flexibility index (Phi) is 5.89. The Morgan fingerprint density at radius 2 is 1.71 bits per heavy atom. The molecule has 34 heavy (non-hydrogen) atoms. The van der Waals surface area contributed by atoms with Gasteiger partial charge in [0.25, 0.3) is 11.8 Å². The molecule has 3 aromatic carbocycles. The molecule has 2 amide bonds. The largest absolute Gasteiger partial charge is 0.378 e. The molecule has 0 bridgehead atoms. The van der Waals surface area contributed by atoms with E-state index in [2.05, 4.69) is 0 Å². The van der Waals surface area contributed by atoms with Gasteiger partial charge in [-0.15, -0.1) is 0 Å². The highest BCUT2D eigenvalue weighted by molar-refractivity contribution is 7.91. The normalized spacial score (nSPS) is 17.0. The van der Waals surface area contributed by atoms with Gasteiger partial charge in [-0.05, 0) is 48.0 Å². The van der Waals surface area contributed by atoms with E-state index in [1.54, 1.807) is 35.2 Å². The molecule has 0 N–H and O–H groups in total. The maximum Gasteiger partial charge on any atom is 0.259 e. The lowest BCUT2D eigenvalue weighted by Gasteiger charge is -2.28. The molecule has 174 valence electrons. The number of hydrogen-bond acceptors (Lipinski definition) is 5. The van der Waals surface area contributed by atoms with E-state index in [9.17, 15) is 18.0 Å². The third-order valence-electron chi connectivity index (χ3n) is 5.97. The fraction of sp³-hybridized carbons (Fsp3) is 0.200. The first kappa shape index (κ1) is 22.6. The topological polar surface area (TPSA) is 84.0 Å². The first-order chi connectivity index (χ1) is 16.4. The van der Waals surface area contributed by atoms with Crippen molar-refractivity contribution in [3.05, 3.63) is 88.4 Å². The van der Waals surface area contributed by atoms with Crippen LogP contribution in [0.15, 0.2) is 76.5 Å². The number of rotatable bonds is 3. The fourth-order valence-corrected chi connectivity index (χ4v) is 6.11. The molecule has 1 saturated heterocycles. The summed E-state index contributed by atoms with van der Waals surface area (Å²) in [7, 11) is -4.00. The van der Waals surface area contributed by atoms with E-state index in [-0.39, 0.29) is 33.5 Å². The van der Waals surface area contributed by atoms with Crippen LogP contribution in [0.1, 0.15) is 26.3 Å². The second-order valence-corrected chi connectivity index (χ2v) is 10.4. The van der Waals surface area contributed by atoms with Crippen LogP contribution in [0.4, 0.5) is 5.69 Å². The van der Waals surface area contributed by atoms with E-state index in [1.807, 2.05) is 6.07 Å². The first-order valence-corrected chi connectivity index (χ1v) is 12.6. The summed E-state index contributed by atoms with van der Waals surface area (Å²) in [5, 5.41) is 0.504. The third kappa shape index (κ3) is 3.98. The second-order valence-electron chi connectivity index (χ2n) is 8.11. The van der Waals surface area contributed by atoms with Gasteiger partial charge in [-0.1, -0.05) is 35.9 Å². The van der Waals surface area contributed by atoms with Gasteiger partial charge in [0.05, 0.1) is 40.8 Å². The number of carbonyl (C=O) groups excluding carboxylic acids is 2. The summed E-state index contributed by atoms with van der Waals surface area (Å²) in [5.41, 5.74) is 1.29. The SMILES string of the molecule is O=C(c1ccc2c(c1)N(Cc1cccc(Cl)c1)C(=O)c1ccccc1S2(=O)=O)N1CCOCC1. The van der Waals surface area contributed by atoms with Gasteiger partial charge in [-0.2, -0.15) is 0 Å². The van der Waals surface area contributed by atoms with E-state index >= 15 is 0 Å². The zero-order valence-electron chi connectivity index (χ0n) is 18.1. The van der Waals surface area contributed by atoms with Crippen molar-refractivity contribution in [2.75, 3.05) is 31.2 Å². The van der Waals surface area contributed by atoms with E-state index in [0.29, 0.717) is 36.9 Å². The Morgan fingerprint density at radius 3 is 2.47 bits per heavy atom. The Labute approximate surface area is 202 Å². The lowest BCUT2D eigenvalue weighted by Crippen LogP contribution is -2.40. The lowest BCUT2D eigenvalue weighted by atomic mass is 10.1. The summed E-state index contributed by atoms with van der Waals surface area (Å²) in [6, 6.07) is 17.6. The second kappa shape index (κ2) is 8.87. The van der Waals surface area contributed by atoms with Gasteiger partial charge in [0.1, 0.15) is 0 Å². The minimum Gasteiger partial charge on any atom is -0.378 e. The van der Waals surface area contributed by atoms with Crippen LogP contribution in [-0.2, 0) is 21.1 Å². The highest BCUT2D eigenvalue weighted by Gasteiger charge is 2.36. The predicted octanol–water partition coefficient (Wildman–Crippen LogP) is 3.81. The number of nitrogens with zero attached hydrogens (tertiary/aromatic N) is 2. The number of carbonyl (C=O) groups is 2. The molecule has 3 aromatic rings. The lowest BCUT2D eigenvalue weighted by molar-refractivity contribution is 0.0303. The van der Waals surface area contributed by atoms with E-state index in [0.717, 1.165) is 5.56 Å². The molecule has 7 nitrogen and oxygen atoms in total. The van der Waals surface area contributed by atoms with Crippen LogP contribution in [0.25, 0.3) is 0 Å². The summed E-state index contributed by atoms with van der Waals surface area (Å²) < 4.78 is 32.5. The molecule has 0 aromatic heterocycles. The Morgan fingerprint density at radius 1 is 0.941 bits per heavy atom. The van der Waals surface area contributed by atoms with Crippen LogP contribution in [0, 0.1) is 0 Å². The minimum atomic E-state index is -4.00. The molecule has 0 unspecified atom stereocenters. The maximum absolute atomic E-state index is 13.7. The molecule has 2 aliphatic rings. The first-order valence-electron chi connectivity index (χ1n) is 10.8. The summed E-state index contributed by atoms with van der Waals surface area (Å²) in [6.45, 7) is 1.88. The summed E-state index contributed by atoms with van der Waals surface area (Å²) in [6.07, 6.45) is 0. The van der Waals surface area contributed by atoms with Gasteiger partial charge in [-0.25, -0.2) is 8.42 Å². The van der Waals surface area contributed by atoms with Crippen molar-refractivity contribution in [2.24, 2.45) is 0 Å². The van der Waals surface area contributed by atoms with Crippen molar-refractivity contribution in [3.8, 4) is 0 Å². The number of anilines is 1. The highest BCUT2D eigenvalue weighted by atomic mass is 35.5. The van der Waals surface area contributed by atoms with Crippen molar-refractivity contribution >= 4 is 38.9 Å². The van der Waals surface area contributed by atoms with E-state index in [4.69, 9.17) is 16.3 Å². The van der Waals surface area contributed by atoms with Crippen LogP contribution in [0.2, 0.25) is 5.02 Å². The van der Waals surface area contributed by atoms with Crippen LogP contribution in [0.5, 0.6) is 0 Å². The van der Waals surface area contributed by atoms with E-state index < -0.39 is 15.7 Å². The molecule has 0 saturated carbocycles. The van der Waals surface area contributed by atoms with Crippen LogP contribution in [0.3, 0.4) is 0 Å². The monoisotopic (exact) mass is 496 g/mol. The zero-order valence-corrected chi connectivity index (χ0v) is 19.7. The third-order valence-corrected chi connectivity index (χ3v) is 8.06. The van der Waals surface area contributed by atoms with Crippen LogP contribution in [-0.4, -0.2) is 51.4 Å². The standard InChI is InChI=1S/C25H21ClN2O5S/c26-19-5-3-4-17(14-19)16-28-21-15-18(24(29)27-10-12-33-13-11-27)8-9-23(21)34(31,32)22-7-2-1-6-20(22)25(28)30/h1-9,14-15H,10-13,16H2. The molecule has 2 heterocycles. The number of benzene rings is 3. The van der Waals surface area contributed by atoms with Crippen molar-refractivity contribution in [1.82, 2.24) is 4.90 Å². The zero-order chi connectivity index (χ0) is 23.9. The van der Waals surface area contributed by atoms with Crippen molar-refractivity contribution in [2.45, 2.75) is 16.3 Å². The number of fused-ring (bicyclic) bond motifs is 2. The van der Waals surface area contributed by atoms with Gasteiger partial charge < -0.3 is 14.5 Å². The molecule has 0 atom stereocenters. The summed E-state index contributed by atoms with van der Waals surface area (Å²) in [4.78, 5) is 29.8. The molecule has 5 rings (SSSR count). The molecule has 0 spiro atoms. The van der Waals surface area contributed by atoms with E-state index in [1.165, 1.54) is 35.2 Å². The average Bonchev–Trinajstić information content (AvgIpc) is 2.92. The molecule has 9 heteroatoms. The number of sulfone groups is 1. The maximum atomic E-state index is 13.7. The molecule has 0 aliphatic carbocycles. The molecule has 0 radical (unpaired) electrons. The number of morpholine rings is 1. The van der Waals surface area contributed by atoms with Crippen molar-refractivity contribution in [3.63, 3.8) is 0 Å². The number of amides is 2. The molecular formula is C25H21ClN2O5S. The van der Waals surface area contributed by atoms with Gasteiger partial charge in [0.2, 0.25) is 9.84 Å². The van der Waals surface area contributed by atoms with Crippen molar-refractivity contribution in [1.29, 1.82) is 0 Å². The Bertz CT molecular complexity index is 1400.